The number of nitrogens with zero attached hydrogens (tertiary/aromatic N) is 3. The number of rotatable bonds is 10. The van der Waals surface area contributed by atoms with Crippen molar-refractivity contribution in [1.29, 1.82) is 0 Å². The van der Waals surface area contributed by atoms with Crippen molar-refractivity contribution in [2.24, 2.45) is 7.05 Å². The lowest BCUT2D eigenvalue weighted by molar-refractivity contribution is -0.870. The minimum atomic E-state index is 0.742. The predicted octanol–water partition coefficient (Wildman–Crippen LogP) is 4.28. The fourth-order valence-electron chi connectivity index (χ4n) is 3.81. The van der Waals surface area contributed by atoms with Crippen molar-refractivity contribution in [2.45, 2.75) is 12.8 Å². The average Bonchev–Trinajstić information content (AvgIpc) is 2.93. The lowest BCUT2D eigenvalue weighted by Gasteiger charge is -2.23. The van der Waals surface area contributed by atoms with Crippen LogP contribution in [0, 0.1) is 0 Å². The smallest absolute Gasteiger partial charge is 0.120 e. The largest absolute Gasteiger partial charge is 0.493 e. The molecular formula is C25H39N3O2+2. The van der Waals surface area contributed by atoms with Crippen LogP contribution in [0.5, 0.6) is 11.5 Å². The zero-order valence-corrected chi connectivity index (χ0v) is 19.9. The van der Waals surface area contributed by atoms with Crippen LogP contribution in [0.1, 0.15) is 12.8 Å². The van der Waals surface area contributed by atoms with Crippen LogP contribution >= 0.6 is 0 Å². The second-order valence-corrected chi connectivity index (χ2v) is 10.3. The Morgan fingerprint density at radius 3 is 1.43 bits per heavy atom. The zero-order valence-electron chi connectivity index (χ0n) is 19.9. The van der Waals surface area contributed by atoms with E-state index in [9.17, 15) is 0 Å². The van der Waals surface area contributed by atoms with Gasteiger partial charge < -0.3 is 23.0 Å². The molecule has 0 amide bonds. The van der Waals surface area contributed by atoms with E-state index in [1.165, 1.54) is 21.8 Å². The number of quaternary nitrogens is 2. The first kappa shape index (κ1) is 22.4. The molecule has 0 fully saturated rings. The normalized spacial score (nSPS) is 12.6. The highest BCUT2D eigenvalue weighted by Crippen LogP contribution is 2.33. The number of hydrogen-bond donors (Lipinski definition) is 0. The maximum Gasteiger partial charge on any atom is 0.120 e. The third-order valence-corrected chi connectivity index (χ3v) is 5.43. The summed E-state index contributed by atoms with van der Waals surface area (Å²) in [6.45, 7) is 3.69. The van der Waals surface area contributed by atoms with Gasteiger partial charge in [-0.25, -0.2) is 0 Å². The van der Waals surface area contributed by atoms with Crippen LogP contribution in [0.25, 0.3) is 21.8 Å². The van der Waals surface area contributed by atoms with Gasteiger partial charge in [0, 0.05) is 41.7 Å². The zero-order chi connectivity index (χ0) is 21.9. The number of aryl methyl sites for hydroxylation is 1. The molecule has 0 spiro atoms. The summed E-state index contributed by atoms with van der Waals surface area (Å²) < 4.78 is 16.3. The van der Waals surface area contributed by atoms with Gasteiger partial charge in [-0.15, -0.1) is 0 Å². The average molecular weight is 414 g/mol. The van der Waals surface area contributed by atoms with E-state index in [2.05, 4.69) is 90.3 Å². The van der Waals surface area contributed by atoms with Gasteiger partial charge in [-0.05, 0) is 36.4 Å². The monoisotopic (exact) mass is 413 g/mol. The van der Waals surface area contributed by atoms with Crippen LogP contribution in [0.2, 0.25) is 0 Å². The van der Waals surface area contributed by atoms with E-state index >= 15 is 0 Å². The van der Waals surface area contributed by atoms with Crippen LogP contribution < -0.4 is 9.47 Å². The maximum absolute atomic E-state index is 6.06. The summed E-state index contributed by atoms with van der Waals surface area (Å²) in [6, 6.07) is 12.8. The van der Waals surface area contributed by atoms with E-state index in [-0.39, 0.29) is 0 Å². The van der Waals surface area contributed by atoms with Gasteiger partial charge in [0.15, 0.2) is 0 Å². The summed E-state index contributed by atoms with van der Waals surface area (Å²) in [6.07, 6.45) is 2.09. The van der Waals surface area contributed by atoms with Gasteiger partial charge in [-0.2, -0.15) is 0 Å². The number of aromatic nitrogens is 1. The standard InChI is InChI=1S/C25H39N3O2/c1-26-24-12-10-20(29-16-8-14-27(2,3)4)18-22(24)23-19-21(11-13-25(23)26)30-17-9-15-28(5,6)7/h10-13,18-19H,8-9,14-17H2,1-7H3/q+2. The SMILES string of the molecule is Cn1c2ccc(OCCC[N+](C)(C)C)cc2c2cc(OCCC[N+](C)(C)C)ccc21. The third-order valence-electron chi connectivity index (χ3n) is 5.43. The lowest BCUT2D eigenvalue weighted by atomic mass is 10.1. The Morgan fingerprint density at radius 1 is 0.667 bits per heavy atom. The fraction of sp³-hybridized carbons (Fsp3) is 0.520. The molecule has 30 heavy (non-hydrogen) atoms. The first-order chi connectivity index (χ1) is 14.0. The van der Waals surface area contributed by atoms with Gasteiger partial charge >= 0.3 is 0 Å². The summed E-state index contributed by atoms with van der Waals surface area (Å²) in [5.41, 5.74) is 2.43. The van der Waals surface area contributed by atoms with Crippen LogP contribution in [0.3, 0.4) is 0 Å². The Morgan fingerprint density at radius 2 is 1.07 bits per heavy atom. The highest BCUT2D eigenvalue weighted by Gasteiger charge is 2.12. The highest BCUT2D eigenvalue weighted by molar-refractivity contribution is 6.08. The van der Waals surface area contributed by atoms with Crippen LogP contribution in [0.4, 0.5) is 0 Å². The van der Waals surface area contributed by atoms with Gasteiger partial charge in [0.1, 0.15) is 11.5 Å². The summed E-state index contributed by atoms with van der Waals surface area (Å²) in [4.78, 5) is 0. The van der Waals surface area contributed by atoms with Gasteiger partial charge in [0.2, 0.25) is 0 Å². The summed E-state index contributed by atoms with van der Waals surface area (Å²) in [5.74, 6) is 1.87. The Balaban J connectivity index is 1.75. The minimum absolute atomic E-state index is 0.742. The van der Waals surface area contributed by atoms with E-state index < -0.39 is 0 Å². The van der Waals surface area contributed by atoms with E-state index in [0.29, 0.717) is 0 Å². The summed E-state index contributed by atoms with van der Waals surface area (Å²) >= 11 is 0. The van der Waals surface area contributed by atoms with Gasteiger partial charge in [0.05, 0.1) is 68.6 Å². The minimum Gasteiger partial charge on any atom is -0.493 e. The molecule has 0 saturated carbocycles. The van der Waals surface area contributed by atoms with Crippen molar-refractivity contribution in [1.82, 2.24) is 4.57 Å². The molecule has 164 valence electrons. The number of benzene rings is 2. The van der Waals surface area contributed by atoms with Crippen LogP contribution in [-0.4, -0.2) is 82.1 Å². The molecule has 1 heterocycles. The first-order valence-corrected chi connectivity index (χ1v) is 10.9. The van der Waals surface area contributed by atoms with Crippen molar-refractivity contribution >= 4 is 21.8 Å². The predicted molar refractivity (Wildman–Crippen MR) is 126 cm³/mol. The highest BCUT2D eigenvalue weighted by atomic mass is 16.5. The topological polar surface area (TPSA) is 23.4 Å². The third kappa shape index (κ3) is 5.89. The quantitative estimate of drug-likeness (QED) is 0.366. The molecule has 3 aromatic rings. The van der Waals surface area contributed by atoms with Crippen molar-refractivity contribution in [3.05, 3.63) is 36.4 Å². The Bertz CT molecular complexity index is 914. The summed E-state index contributed by atoms with van der Waals surface area (Å²) in [7, 11) is 15.4. The molecule has 2 aromatic carbocycles. The molecular weight excluding hydrogens is 374 g/mol. The van der Waals surface area contributed by atoms with Crippen LogP contribution in [0.15, 0.2) is 36.4 Å². The first-order valence-electron chi connectivity index (χ1n) is 10.9. The second-order valence-electron chi connectivity index (χ2n) is 10.3. The molecule has 3 rings (SSSR count). The molecule has 0 aliphatic heterocycles. The van der Waals surface area contributed by atoms with Crippen molar-refractivity contribution in [3.8, 4) is 11.5 Å². The summed E-state index contributed by atoms with van der Waals surface area (Å²) in [5, 5.41) is 2.43. The molecule has 5 heteroatoms. The van der Waals surface area contributed by atoms with Crippen molar-refractivity contribution < 1.29 is 18.4 Å². The van der Waals surface area contributed by atoms with E-state index in [1.807, 2.05) is 0 Å². The molecule has 0 atom stereocenters. The molecule has 0 radical (unpaired) electrons. The van der Waals surface area contributed by atoms with E-state index in [0.717, 1.165) is 59.6 Å². The number of hydrogen-bond acceptors (Lipinski definition) is 2. The molecule has 0 N–H and O–H groups in total. The van der Waals surface area contributed by atoms with Gasteiger partial charge in [0.25, 0.3) is 0 Å². The fourth-order valence-corrected chi connectivity index (χ4v) is 3.81. The molecule has 0 aliphatic rings. The van der Waals surface area contributed by atoms with Crippen molar-refractivity contribution in [3.63, 3.8) is 0 Å². The Kier molecular flexibility index (Phi) is 6.63. The van der Waals surface area contributed by atoms with Crippen LogP contribution in [-0.2, 0) is 7.05 Å². The van der Waals surface area contributed by atoms with E-state index in [4.69, 9.17) is 9.47 Å². The van der Waals surface area contributed by atoms with Gasteiger partial charge in [-0.3, -0.25) is 0 Å². The molecule has 1 aromatic heterocycles. The van der Waals surface area contributed by atoms with E-state index in [1.54, 1.807) is 0 Å². The molecule has 0 saturated heterocycles. The second kappa shape index (κ2) is 8.86. The molecule has 5 nitrogen and oxygen atoms in total. The molecule has 0 aliphatic carbocycles. The molecule has 0 unspecified atom stereocenters. The molecule has 0 bridgehead atoms. The number of fused-ring (bicyclic) bond motifs is 3. The maximum atomic E-state index is 6.06. The number of ether oxygens (including phenoxy) is 2. The Labute approximate surface area is 181 Å². The van der Waals surface area contributed by atoms with Crippen molar-refractivity contribution in [2.75, 3.05) is 68.6 Å². The van der Waals surface area contributed by atoms with Gasteiger partial charge in [-0.1, -0.05) is 0 Å². The Hall–Kier alpha value is -2.24. The lowest BCUT2D eigenvalue weighted by Crippen LogP contribution is -2.36.